The Kier molecular flexibility index (Phi) is 3.61. The minimum Gasteiger partial charge on any atom is -0.482 e. The quantitative estimate of drug-likeness (QED) is 0.905. The molecular weight excluding hydrogens is 244 g/mol. The number of rotatable bonds is 4. The van der Waals surface area contributed by atoms with E-state index in [0.29, 0.717) is 22.6 Å². The van der Waals surface area contributed by atoms with Crippen LogP contribution in [-0.2, 0) is 13.2 Å². The van der Waals surface area contributed by atoms with Gasteiger partial charge < -0.3 is 14.3 Å². The van der Waals surface area contributed by atoms with Crippen molar-refractivity contribution in [3.8, 4) is 5.75 Å². The number of ether oxygens (including phenoxy) is 1. The average Bonchev–Trinajstić information content (AvgIpc) is 2.73. The van der Waals surface area contributed by atoms with Crippen molar-refractivity contribution in [2.45, 2.75) is 20.1 Å². The molecule has 0 aliphatic carbocycles. The van der Waals surface area contributed by atoms with Crippen molar-refractivity contribution < 1.29 is 14.3 Å². The fourth-order valence-electron chi connectivity index (χ4n) is 1.30. The Morgan fingerprint density at radius 2 is 2.24 bits per heavy atom. The topological polar surface area (TPSA) is 68.4 Å². The van der Waals surface area contributed by atoms with Crippen LogP contribution >= 0.6 is 11.6 Å². The summed E-state index contributed by atoms with van der Waals surface area (Å²) in [6.45, 7) is 1.82. The highest BCUT2D eigenvalue weighted by molar-refractivity contribution is 6.32. The van der Waals surface area contributed by atoms with Gasteiger partial charge in [-0.15, -0.1) is 10.2 Å². The average molecular weight is 255 g/mol. The smallest absolute Gasteiger partial charge is 0.253 e. The number of aliphatic hydroxyl groups is 1. The maximum absolute atomic E-state index is 8.93. The number of nitrogens with zero attached hydrogens (tertiary/aromatic N) is 2. The molecule has 0 aliphatic heterocycles. The van der Waals surface area contributed by atoms with Crippen molar-refractivity contribution in [1.82, 2.24) is 10.2 Å². The van der Waals surface area contributed by atoms with E-state index in [2.05, 4.69) is 10.2 Å². The molecule has 1 aromatic carbocycles. The summed E-state index contributed by atoms with van der Waals surface area (Å²) in [6, 6.07) is 5.08. The van der Waals surface area contributed by atoms with Gasteiger partial charge in [-0.3, -0.25) is 0 Å². The molecule has 0 atom stereocenters. The van der Waals surface area contributed by atoms with Crippen molar-refractivity contribution in [3.63, 3.8) is 0 Å². The predicted molar refractivity (Wildman–Crippen MR) is 60.7 cm³/mol. The van der Waals surface area contributed by atoms with Crippen LogP contribution in [0.15, 0.2) is 22.6 Å². The molecule has 6 heteroatoms. The van der Waals surface area contributed by atoms with Crippen LogP contribution in [0.25, 0.3) is 0 Å². The molecule has 2 rings (SSSR count). The van der Waals surface area contributed by atoms with Gasteiger partial charge in [0.05, 0.1) is 11.6 Å². The molecule has 0 aliphatic rings. The van der Waals surface area contributed by atoms with Gasteiger partial charge in [-0.2, -0.15) is 0 Å². The van der Waals surface area contributed by atoms with E-state index in [0.717, 1.165) is 5.56 Å². The van der Waals surface area contributed by atoms with E-state index in [1.54, 1.807) is 25.1 Å². The molecule has 90 valence electrons. The third kappa shape index (κ3) is 2.95. The van der Waals surface area contributed by atoms with Crippen LogP contribution in [0.4, 0.5) is 0 Å². The third-order valence-corrected chi connectivity index (χ3v) is 2.39. The number of hydrogen-bond acceptors (Lipinski definition) is 5. The molecule has 1 N–H and O–H groups in total. The largest absolute Gasteiger partial charge is 0.482 e. The standard InChI is InChI=1S/C11H11ClN2O3/c1-7-13-14-11(17-7)6-16-10-3-2-8(5-15)4-9(10)12/h2-4,15H,5-6H2,1H3. The molecule has 0 fully saturated rings. The summed E-state index contributed by atoms with van der Waals surface area (Å²) < 4.78 is 10.6. The summed E-state index contributed by atoms with van der Waals surface area (Å²) in [7, 11) is 0. The first-order valence-corrected chi connectivity index (χ1v) is 5.38. The van der Waals surface area contributed by atoms with E-state index >= 15 is 0 Å². The van der Waals surface area contributed by atoms with E-state index in [1.807, 2.05) is 0 Å². The molecule has 0 saturated heterocycles. The number of hydrogen-bond donors (Lipinski definition) is 1. The summed E-state index contributed by atoms with van der Waals surface area (Å²) >= 11 is 5.98. The van der Waals surface area contributed by atoms with Gasteiger partial charge in [-0.25, -0.2) is 0 Å². The molecular formula is C11H11ClN2O3. The van der Waals surface area contributed by atoms with Crippen LogP contribution in [-0.4, -0.2) is 15.3 Å². The number of halogens is 1. The van der Waals surface area contributed by atoms with Crippen LogP contribution in [0.2, 0.25) is 5.02 Å². The monoisotopic (exact) mass is 254 g/mol. The second kappa shape index (κ2) is 5.16. The van der Waals surface area contributed by atoms with Crippen LogP contribution in [0.5, 0.6) is 5.75 Å². The van der Waals surface area contributed by atoms with Crippen molar-refractivity contribution in [1.29, 1.82) is 0 Å². The van der Waals surface area contributed by atoms with Gasteiger partial charge in [0.15, 0.2) is 6.61 Å². The molecule has 0 amide bonds. The summed E-state index contributed by atoms with van der Waals surface area (Å²) in [4.78, 5) is 0. The summed E-state index contributed by atoms with van der Waals surface area (Å²) in [5, 5.41) is 16.9. The molecule has 5 nitrogen and oxygen atoms in total. The lowest BCUT2D eigenvalue weighted by Crippen LogP contribution is -1.97. The van der Waals surface area contributed by atoms with Crippen LogP contribution < -0.4 is 4.74 Å². The Morgan fingerprint density at radius 3 is 2.82 bits per heavy atom. The maximum Gasteiger partial charge on any atom is 0.253 e. The molecule has 0 unspecified atom stereocenters. The number of aromatic nitrogens is 2. The lowest BCUT2D eigenvalue weighted by atomic mass is 10.2. The first-order valence-electron chi connectivity index (χ1n) is 5.00. The highest BCUT2D eigenvalue weighted by Crippen LogP contribution is 2.26. The lowest BCUT2D eigenvalue weighted by molar-refractivity contribution is 0.259. The molecule has 0 saturated carbocycles. The molecule has 1 aromatic heterocycles. The van der Waals surface area contributed by atoms with Crippen molar-refractivity contribution in [3.05, 3.63) is 40.6 Å². The van der Waals surface area contributed by atoms with Gasteiger partial charge in [-0.1, -0.05) is 17.7 Å². The van der Waals surface area contributed by atoms with E-state index < -0.39 is 0 Å². The number of aryl methyl sites for hydroxylation is 1. The van der Waals surface area contributed by atoms with Gasteiger partial charge in [0.25, 0.3) is 5.89 Å². The molecule has 2 aromatic rings. The minimum atomic E-state index is -0.0527. The first kappa shape index (κ1) is 11.9. The van der Waals surface area contributed by atoms with Gasteiger partial charge in [0.1, 0.15) is 5.75 Å². The summed E-state index contributed by atoms with van der Waals surface area (Å²) in [5.41, 5.74) is 0.732. The third-order valence-electron chi connectivity index (χ3n) is 2.10. The van der Waals surface area contributed by atoms with Crippen LogP contribution in [0, 0.1) is 6.92 Å². The maximum atomic E-state index is 8.93. The normalized spacial score (nSPS) is 10.5. The van der Waals surface area contributed by atoms with Crippen molar-refractivity contribution in [2.75, 3.05) is 0 Å². The van der Waals surface area contributed by atoms with Gasteiger partial charge in [0, 0.05) is 6.92 Å². The highest BCUT2D eigenvalue weighted by Gasteiger charge is 2.06. The second-order valence-corrected chi connectivity index (χ2v) is 3.83. The Labute approximate surface area is 103 Å². The van der Waals surface area contributed by atoms with E-state index in [9.17, 15) is 0 Å². The molecule has 17 heavy (non-hydrogen) atoms. The van der Waals surface area contributed by atoms with E-state index in [1.165, 1.54) is 0 Å². The van der Waals surface area contributed by atoms with Crippen molar-refractivity contribution in [2.24, 2.45) is 0 Å². The Balaban J connectivity index is 2.04. The summed E-state index contributed by atoms with van der Waals surface area (Å²) in [6.07, 6.45) is 0. The Hall–Kier alpha value is -1.59. The van der Waals surface area contributed by atoms with Gasteiger partial charge in [-0.05, 0) is 17.7 Å². The zero-order chi connectivity index (χ0) is 12.3. The predicted octanol–water partition coefficient (Wildman–Crippen LogP) is 2.10. The lowest BCUT2D eigenvalue weighted by Gasteiger charge is -2.06. The zero-order valence-corrected chi connectivity index (χ0v) is 9.94. The van der Waals surface area contributed by atoms with Crippen LogP contribution in [0.3, 0.4) is 0 Å². The zero-order valence-electron chi connectivity index (χ0n) is 9.18. The Bertz CT molecular complexity index is 513. The molecule has 0 bridgehead atoms. The van der Waals surface area contributed by atoms with E-state index in [-0.39, 0.29) is 13.2 Å². The van der Waals surface area contributed by atoms with Gasteiger partial charge in [0.2, 0.25) is 5.89 Å². The summed E-state index contributed by atoms with van der Waals surface area (Å²) in [5.74, 6) is 1.40. The second-order valence-electron chi connectivity index (χ2n) is 3.43. The van der Waals surface area contributed by atoms with E-state index in [4.69, 9.17) is 25.9 Å². The molecule has 1 heterocycles. The van der Waals surface area contributed by atoms with Crippen LogP contribution in [0.1, 0.15) is 17.3 Å². The Morgan fingerprint density at radius 1 is 1.41 bits per heavy atom. The SMILES string of the molecule is Cc1nnc(COc2ccc(CO)cc2Cl)o1. The number of benzene rings is 1. The minimum absolute atomic E-state index is 0.0527. The van der Waals surface area contributed by atoms with Gasteiger partial charge >= 0.3 is 0 Å². The fourth-order valence-corrected chi connectivity index (χ4v) is 1.55. The van der Waals surface area contributed by atoms with Crippen molar-refractivity contribution >= 4 is 11.6 Å². The fraction of sp³-hybridized carbons (Fsp3) is 0.273. The molecule has 0 radical (unpaired) electrons. The number of aliphatic hydroxyl groups excluding tert-OH is 1. The molecule has 0 spiro atoms. The highest BCUT2D eigenvalue weighted by atomic mass is 35.5. The first-order chi connectivity index (χ1) is 8.19.